The van der Waals surface area contributed by atoms with Crippen molar-refractivity contribution in [3.05, 3.63) is 251 Å². The molecule has 0 saturated carbocycles. The van der Waals surface area contributed by atoms with E-state index in [1.54, 1.807) is 0 Å². The zero-order chi connectivity index (χ0) is 49.7. The summed E-state index contributed by atoms with van der Waals surface area (Å²) in [5.74, 6) is 0. The Balaban J connectivity index is 1.11. The molecule has 0 aliphatic rings. The van der Waals surface area contributed by atoms with Gasteiger partial charge in [-0.05, 0) is 148 Å². The van der Waals surface area contributed by atoms with Crippen LogP contribution in [0.5, 0.6) is 0 Å². The van der Waals surface area contributed by atoms with Gasteiger partial charge in [-0.3, -0.25) is 0 Å². The van der Waals surface area contributed by atoms with Crippen LogP contribution in [0.25, 0.3) is 120 Å². The molecule has 73 heavy (non-hydrogen) atoms. The van der Waals surface area contributed by atoms with E-state index in [4.69, 9.17) is 13.1 Å². The zero-order valence-corrected chi connectivity index (χ0v) is 39.3. The summed E-state index contributed by atoms with van der Waals surface area (Å²) >= 11 is 0. The van der Waals surface area contributed by atoms with Gasteiger partial charge in [-0.1, -0.05) is 115 Å². The fourth-order valence-electron chi connectivity index (χ4n) is 10.4. The van der Waals surface area contributed by atoms with Gasteiger partial charge in [0.1, 0.15) is 0 Å². The number of benzene rings is 10. The van der Waals surface area contributed by atoms with E-state index in [9.17, 15) is 15.8 Å². The normalized spacial score (nSPS) is 11.0. The van der Waals surface area contributed by atoms with Gasteiger partial charge in [0.25, 0.3) is 0 Å². The lowest BCUT2D eigenvalue weighted by Gasteiger charge is -2.20. The van der Waals surface area contributed by atoms with E-state index in [1.165, 1.54) is 0 Å². The molecule has 0 N–H and O–H groups in total. The number of fused-ring (bicyclic) bond motifs is 6. The van der Waals surface area contributed by atoms with Crippen LogP contribution in [0.1, 0.15) is 22.3 Å². The molecule has 0 unspecified atom stereocenters. The van der Waals surface area contributed by atoms with Gasteiger partial charge in [0.05, 0.1) is 81.5 Å². The third-order valence-corrected chi connectivity index (χ3v) is 14.0. The highest BCUT2D eigenvalue weighted by molar-refractivity contribution is 6.14. The van der Waals surface area contributed by atoms with Crippen LogP contribution in [-0.2, 0) is 0 Å². The van der Waals surface area contributed by atoms with Crippen LogP contribution in [0.2, 0.25) is 0 Å². The Hall–Kier alpha value is -10.8. The van der Waals surface area contributed by atoms with Gasteiger partial charge in [-0.25, -0.2) is 9.69 Å². The second kappa shape index (κ2) is 17.6. The first-order chi connectivity index (χ1) is 35.8. The predicted molar refractivity (Wildman–Crippen MR) is 294 cm³/mol. The standard InChI is InChI=1S/C66H37N7/c1-41-7-28-64(72-60-29-20-48(44-12-8-42(38-67)9-13-44)34-55(60)56-35-49(21-30-61(56)72)45-14-10-43(39-68)11-15-45)59(33-41)66-52(40-69)5-4-6-65(66)73-62-31-22-50(46-16-24-53(70-2)25-17-46)36-57(62)58-37-51(23-32-63(58)73)47-18-26-54(71-3)27-19-47/h4-37H,1H3. The number of aryl methyl sites for hydroxylation is 1. The number of hydrogen-bond acceptors (Lipinski definition) is 3. The molecule has 0 atom stereocenters. The van der Waals surface area contributed by atoms with Crippen LogP contribution < -0.4 is 0 Å². The van der Waals surface area contributed by atoms with Gasteiger partial charge in [0, 0.05) is 32.7 Å². The van der Waals surface area contributed by atoms with E-state index < -0.39 is 0 Å². The molecular formula is C66H37N7. The largest absolute Gasteiger partial charge is 0.309 e. The van der Waals surface area contributed by atoms with Gasteiger partial charge in [0.2, 0.25) is 0 Å². The van der Waals surface area contributed by atoms with E-state index in [0.717, 1.165) is 116 Å². The molecule has 10 aromatic carbocycles. The molecular weight excluding hydrogens is 891 g/mol. The molecule has 0 amide bonds. The minimum Gasteiger partial charge on any atom is -0.309 e. The van der Waals surface area contributed by atoms with Crippen molar-refractivity contribution in [2.45, 2.75) is 6.92 Å². The number of nitrogens with zero attached hydrogens (tertiary/aromatic N) is 7. The average Bonchev–Trinajstić information content (AvgIpc) is 3.96. The number of aromatic nitrogens is 2. The molecule has 0 aliphatic heterocycles. The molecule has 12 rings (SSSR count). The van der Waals surface area contributed by atoms with E-state index >= 15 is 0 Å². The highest BCUT2D eigenvalue weighted by Gasteiger charge is 2.24. The molecule has 2 heterocycles. The third kappa shape index (κ3) is 7.42. The van der Waals surface area contributed by atoms with Gasteiger partial charge in [-0.15, -0.1) is 0 Å². The minimum absolute atomic E-state index is 0.527. The molecule has 7 heteroatoms. The molecule has 0 spiro atoms. The predicted octanol–water partition coefficient (Wildman–Crippen LogP) is 17.2. The van der Waals surface area contributed by atoms with Crippen LogP contribution in [-0.4, -0.2) is 9.13 Å². The van der Waals surface area contributed by atoms with Crippen molar-refractivity contribution in [2.75, 3.05) is 0 Å². The van der Waals surface area contributed by atoms with Crippen molar-refractivity contribution in [3.63, 3.8) is 0 Å². The molecule has 2 aromatic heterocycles. The van der Waals surface area contributed by atoms with Crippen molar-refractivity contribution in [3.8, 4) is 85.2 Å². The van der Waals surface area contributed by atoms with E-state index in [2.05, 4.69) is 141 Å². The highest BCUT2D eigenvalue weighted by Crippen LogP contribution is 2.45. The maximum absolute atomic E-state index is 11.2. The topological polar surface area (TPSA) is 89.9 Å². The van der Waals surface area contributed by atoms with Crippen molar-refractivity contribution in [1.29, 1.82) is 15.8 Å². The summed E-state index contributed by atoms with van der Waals surface area (Å²) < 4.78 is 4.59. The SMILES string of the molecule is [C-]#[N+]c1ccc(-c2ccc3c(c2)c2cc(-c4ccc([N+]#[C-])cc4)ccc2n3-c2cccc(C#N)c2-c2cc(C)ccc2-n2c3ccc(-c4ccc(C#N)cc4)cc3c3cc(-c4ccc(C#N)cc4)ccc32)cc1. The summed E-state index contributed by atoms with van der Waals surface area (Å²) in [4.78, 5) is 7.23. The number of hydrogen-bond donors (Lipinski definition) is 0. The molecule has 0 aliphatic carbocycles. The van der Waals surface area contributed by atoms with Crippen molar-refractivity contribution in [2.24, 2.45) is 0 Å². The second-order valence-electron chi connectivity index (χ2n) is 18.1. The summed E-state index contributed by atoms with van der Waals surface area (Å²) in [6.07, 6.45) is 0. The summed E-state index contributed by atoms with van der Waals surface area (Å²) in [6, 6.07) is 76.2. The summed E-state index contributed by atoms with van der Waals surface area (Å²) in [6.45, 7) is 17.1. The molecule has 0 bridgehead atoms. The van der Waals surface area contributed by atoms with Crippen LogP contribution in [0.15, 0.2) is 206 Å². The van der Waals surface area contributed by atoms with E-state index in [-0.39, 0.29) is 0 Å². The van der Waals surface area contributed by atoms with Crippen molar-refractivity contribution < 1.29 is 0 Å². The van der Waals surface area contributed by atoms with Gasteiger partial charge in [-0.2, -0.15) is 15.8 Å². The molecule has 336 valence electrons. The lowest BCUT2D eigenvalue weighted by Crippen LogP contribution is -2.03. The van der Waals surface area contributed by atoms with Gasteiger partial charge >= 0.3 is 0 Å². The molecule has 0 fully saturated rings. The Labute approximate surface area is 421 Å². The van der Waals surface area contributed by atoms with Gasteiger partial charge < -0.3 is 9.13 Å². The first-order valence-corrected chi connectivity index (χ1v) is 23.6. The quantitative estimate of drug-likeness (QED) is 0.149. The summed E-state index contributed by atoms with van der Waals surface area (Å²) in [5, 5.41) is 34.4. The zero-order valence-electron chi connectivity index (χ0n) is 39.3. The fraction of sp³-hybridized carbons (Fsp3) is 0.0152. The third-order valence-electron chi connectivity index (χ3n) is 14.0. The van der Waals surface area contributed by atoms with Crippen molar-refractivity contribution >= 4 is 55.0 Å². The lowest BCUT2D eigenvalue weighted by molar-refractivity contribution is 1.15. The Morgan fingerprint density at radius 1 is 0.370 bits per heavy atom. The summed E-state index contributed by atoms with van der Waals surface area (Å²) in [7, 11) is 0. The number of rotatable bonds is 7. The second-order valence-corrected chi connectivity index (χ2v) is 18.1. The van der Waals surface area contributed by atoms with Crippen molar-refractivity contribution in [1.82, 2.24) is 9.13 Å². The first kappa shape index (κ1) is 43.5. The Kier molecular flexibility index (Phi) is 10.5. The van der Waals surface area contributed by atoms with Crippen LogP contribution in [0.4, 0.5) is 11.4 Å². The van der Waals surface area contributed by atoms with E-state index in [1.807, 2.05) is 109 Å². The molecule has 0 radical (unpaired) electrons. The smallest absolute Gasteiger partial charge is 0.187 e. The Bertz CT molecular complexity index is 4230. The molecule has 7 nitrogen and oxygen atoms in total. The van der Waals surface area contributed by atoms with Crippen LogP contribution in [0.3, 0.4) is 0 Å². The first-order valence-electron chi connectivity index (χ1n) is 23.6. The lowest BCUT2D eigenvalue weighted by atomic mass is 9.94. The molecule has 0 saturated heterocycles. The van der Waals surface area contributed by atoms with Crippen LogP contribution >= 0.6 is 0 Å². The Morgan fingerprint density at radius 2 is 0.740 bits per heavy atom. The number of nitriles is 3. The Morgan fingerprint density at radius 3 is 1.11 bits per heavy atom. The fourth-order valence-corrected chi connectivity index (χ4v) is 10.4. The average molecular weight is 928 g/mol. The van der Waals surface area contributed by atoms with E-state index in [0.29, 0.717) is 28.1 Å². The maximum Gasteiger partial charge on any atom is 0.187 e. The minimum atomic E-state index is 0.527. The highest BCUT2D eigenvalue weighted by atomic mass is 15.0. The summed E-state index contributed by atoms with van der Waals surface area (Å²) in [5.41, 5.74) is 19.3. The maximum atomic E-state index is 11.2. The molecule has 12 aromatic rings. The van der Waals surface area contributed by atoms with Crippen LogP contribution in [0, 0.1) is 54.1 Å². The van der Waals surface area contributed by atoms with Gasteiger partial charge in [0.15, 0.2) is 11.4 Å². The monoisotopic (exact) mass is 927 g/mol.